The number of unbranched alkanes of at least 4 members (excludes halogenated alkanes) is 11. The average molecular weight is 400 g/mol. The van der Waals surface area contributed by atoms with Crippen LogP contribution in [0.3, 0.4) is 0 Å². The zero-order chi connectivity index (χ0) is 21.0. The highest BCUT2D eigenvalue weighted by Crippen LogP contribution is 2.13. The highest BCUT2D eigenvalue weighted by Gasteiger charge is 2.18. The number of rotatable bonds is 20. The first-order valence-corrected chi connectivity index (χ1v) is 10.6. The van der Waals surface area contributed by atoms with E-state index in [4.69, 9.17) is 10.2 Å². The predicted molar refractivity (Wildman–Crippen MR) is 107 cm³/mol. The molecule has 1 atom stereocenters. The van der Waals surface area contributed by atoms with Crippen LogP contribution in [-0.4, -0.2) is 40.4 Å². The van der Waals surface area contributed by atoms with Crippen LogP contribution >= 0.6 is 0 Å². The summed E-state index contributed by atoms with van der Waals surface area (Å²) in [6, 6.07) is -0.977. The van der Waals surface area contributed by atoms with Gasteiger partial charge in [0.1, 0.15) is 12.3 Å². The minimum Gasteiger partial charge on any atom is -0.481 e. The molecule has 0 aromatic heterocycles. The average Bonchev–Trinajstić information content (AvgIpc) is 2.64. The van der Waals surface area contributed by atoms with E-state index in [0.29, 0.717) is 12.7 Å². The van der Waals surface area contributed by atoms with Gasteiger partial charge in [-0.3, -0.25) is 9.59 Å². The van der Waals surface area contributed by atoms with E-state index in [1.54, 1.807) is 0 Å². The van der Waals surface area contributed by atoms with E-state index in [-0.39, 0.29) is 25.2 Å². The normalized spacial score (nSPS) is 11.7. The van der Waals surface area contributed by atoms with Gasteiger partial charge in [0, 0.05) is 19.3 Å². The predicted octanol–water partition coefficient (Wildman–Crippen LogP) is 4.08. The number of aldehydes is 1. The molecule has 0 heterocycles. The molecule has 0 aromatic carbocycles. The van der Waals surface area contributed by atoms with E-state index in [0.717, 1.165) is 44.9 Å². The molecule has 7 heteroatoms. The number of carboxylic acids is 2. The summed E-state index contributed by atoms with van der Waals surface area (Å²) in [5.74, 6) is -2.07. The van der Waals surface area contributed by atoms with Crippen LogP contribution in [0.5, 0.6) is 0 Å². The lowest BCUT2D eigenvalue weighted by molar-refractivity contribution is -0.142. The molecule has 0 unspecified atom stereocenters. The van der Waals surface area contributed by atoms with Gasteiger partial charge in [-0.2, -0.15) is 0 Å². The lowest BCUT2D eigenvalue weighted by atomic mass is 10.0. The molecule has 0 aliphatic carbocycles. The van der Waals surface area contributed by atoms with E-state index >= 15 is 0 Å². The Kier molecular flexibility index (Phi) is 17.2. The van der Waals surface area contributed by atoms with Gasteiger partial charge in [-0.1, -0.05) is 64.2 Å². The molecule has 0 aliphatic heterocycles. The van der Waals surface area contributed by atoms with Gasteiger partial charge >= 0.3 is 11.9 Å². The van der Waals surface area contributed by atoms with Gasteiger partial charge in [-0.15, -0.1) is 0 Å². The molecule has 0 saturated carbocycles. The van der Waals surface area contributed by atoms with Crippen molar-refractivity contribution in [3.8, 4) is 0 Å². The number of aliphatic carboxylic acids is 2. The number of carbonyl (C=O) groups is 4. The zero-order valence-corrected chi connectivity index (χ0v) is 17.0. The molecule has 3 N–H and O–H groups in total. The maximum absolute atomic E-state index is 11.8. The third-order valence-corrected chi connectivity index (χ3v) is 4.75. The summed E-state index contributed by atoms with van der Waals surface area (Å²) in [5.41, 5.74) is 0. The first kappa shape index (κ1) is 26.1. The molecule has 0 fully saturated rings. The van der Waals surface area contributed by atoms with Crippen LogP contribution in [0.2, 0.25) is 0 Å². The largest absolute Gasteiger partial charge is 0.481 e. The Morgan fingerprint density at radius 2 is 1.14 bits per heavy atom. The summed E-state index contributed by atoms with van der Waals surface area (Å²) in [4.78, 5) is 43.5. The van der Waals surface area contributed by atoms with Crippen LogP contribution in [-0.2, 0) is 19.2 Å². The molecule has 0 spiro atoms. The van der Waals surface area contributed by atoms with Crippen molar-refractivity contribution in [1.29, 1.82) is 0 Å². The second kappa shape index (κ2) is 18.4. The van der Waals surface area contributed by atoms with Crippen molar-refractivity contribution in [3.05, 3.63) is 0 Å². The number of amides is 1. The molecule has 0 bridgehead atoms. The lowest BCUT2D eigenvalue weighted by Crippen LogP contribution is -2.40. The van der Waals surface area contributed by atoms with Gasteiger partial charge in [-0.05, 0) is 19.3 Å². The van der Waals surface area contributed by atoms with Crippen LogP contribution in [0.1, 0.15) is 103 Å². The van der Waals surface area contributed by atoms with E-state index < -0.39 is 18.0 Å². The Bertz CT molecular complexity index is 452. The first-order chi connectivity index (χ1) is 13.5. The number of nitrogens with one attached hydrogen (secondary N) is 1. The van der Waals surface area contributed by atoms with Crippen molar-refractivity contribution in [1.82, 2.24) is 5.32 Å². The van der Waals surface area contributed by atoms with Crippen LogP contribution in [0.25, 0.3) is 0 Å². The Labute approximate surface area is 168 Å². The molecule has 0 aliphatic rings. The first-order valence-electron chi connectivity index (χ1n) is 10.6. The highest BCUT2D eigenvalue weighted by atomic mass is 16.4. The van der Waals surface area contributed by atoms with Crippen LogP contribution < -0.4 is 5.32 Å². The van der Waals surface area contributed by atoms with Gasteiger partial charge < -0.3 is 20.3 Å². The Balaban J connectivity index is 3.42. The summed E-state index contributed by atoms with van der Waals surface area (Å²) in [6.45, 7) is 0. The van der Waals surface area contributed by atoms with Crippen molar-refractivity contribution in [3.63, 3.8) is 0 Å². The van der Waals surface area contributed by atoms with E-state index in [9.17, 15) is 19.2 Å². The van der Waals surface area contributed by atoms with E-state index in [1.165, 1.54) is 32.1 Å². The number of carbonyl (C=O) groups excluding carboxylic acids is 2. The topological polar surface area (TPSA) is 121 Å². The fraction of sp³-hybridized carbons (Fsp3) is 0.810. The molecule has 0 saturated heterocycles. The van der Waals surface area contributed by atoms with Crippen molar-refractivity contribution < 1.29 is 29.4 Å². The van der Waals surface area contributed by atoms with Crippen molar-refractivity contribution in [2.75, 3.05) is 0 Å². The highest BCUT2D eigenvalue weighted by molar-refractivity contribution is 5.83. The molecular weight excluding hydrogens is 362 g/mol. The monoisotopic (exact) mass is 399 g/mol. The maximum Gasteiger partial charge on any atom is 0.326 e. The maximum atomic E-state index is 11.8. The van der Waals surface area contributed by atoms with Gasteiger partial charge in [-0.25, -0.2) is 4.79 Å². The SMILES string of the molecule is O=CCC[C@H](NC(=O)CCCCCCCCCCCCCCC(=O)O)C(=O)O. The van der Waals surface area contributed by atoms with Crippen LogP contribution in [0, 0.1) is 0 Å². The molecule has 28 heavy (non-hydrogen) atoms. The Morgan fingerprint density at radius 1 is 0.714 bits per heavy atom. The molecule has 162 valence electrons. The van der Waals surface area contributed by atoms with Crippen LogP contribution in [0.4, 0.5) is 0 Å². The quantitative estimate of drug-likeness (QED) is 0.209. The van der Waals surface area contributed by atoms with Gasteiger partial charge in [0.25, 0.3) is 0 Å². The lowest BCUT2D eigenvalue weighted by Gasteiger charge is -2.13. The minimum atomic E-state index is -1.10. The third-order valence-electron chi connectivity index (χ3n) is 4.75. The number of carboxylic acid groups (broad SMARTS) is 2. The second-order valence-electron chi connectivity index (χ2n) is 7.34. The summed E-state index contributed by atoms with van der Waals surface area (Å²) < 4.78 is 0. The summed E-state index contributed by atoms with van der Waals surface area (Å²) >= 11 is 0. The molecule has 1 amide bonds. The van der Waals surface area contributed by atoms with Crippen molar-refractivity contribution >= 4 is 24.1 Å². The third kappa shape index (κ3) is 17.5. The summed E-state index contributed by atoms with van der Waals surface area (Å²) in [6.07, 6.45) is 14.4. The van der Waals surface area contributed by atoms with Gasteiger partial charge in [0.05, 0.1) is 0 Å². The fourth-order valence-corrected chi connectivity index (χ4v) is 3.09. The molecule has 0 aromatic rings. The van der Waals surface area contributed by atoms with Gasteiger partial charge in [0.2, 0.25) is 5.91 Å². The van der Waals surface area contributed by atoms with Crippen molar-refractivity contribution in [2.24, 2.45) is 0 Å². The second-order valence-corrected chi connectivity index (χ2v) is 7.34. The van der Waals surface area contributed by atoms with E-state index in [1.807, 2.05) is 0 Å². The zero-order valence-electron chi connectivity index (χ0n) is 17.0. The Morgan fingerprint density at radius 3 is 1.54 bits per heavy atom. The fourth-order valence-electron chi connectivity index (χ4n) is 3.09. The van der Waals surface area contributed by atoms with Gasteiger partial charge in [0.15, 0.2) is 0 Å². The van der Waals surface area contributed by atoms with Crippen molar-refractivity contribution in [2.45, 2.75) is 109 Å². The van der Waals surface area contributed by atoms with Crippen LogP contribution in [0.15, 0.2) is 0 Å². The van der Waals surface area contributed by atoms with E-state index in [2.05, 4.69) is 5.32 Å². The summed E-state index contributed by atoms with van der Waals surface area (Å²) in [7, 11) is 0. The molecule has 7 nitrogen and oxygen atoms in total. The molecule has 0 radical (unpaired) electrons. The summed E-state index contributed by atoms with van der Waals surface area (Å²) in [5, 5.41) is 20.0. The number of hydrogen-bond acceptors (Lipinski definition) is 4. The molecule has 0 rings (SSSR count). The number of hydrogen-bond donors (Lipinski definition) is 3. The Hall–Kier alpha value is -1.92. The minimum absolute atomic E-state index is 0.127. The molecular formula is C21H37NO6. The standard InChI is InChI=1S/C21H37NO6/c23-17-13-14-18(21(27)28)22-19(24)15-11-9-7-5-3-1-2-4-6-8-10-12-16-20(25)26/h17-18H,1-16H2,(H,22,24)(H,25,26)(H,27,28)/t18-/m0/s1. The smallest absolute Gasteiger partial charge is 0.326 e.